The second kappa shape index (κ2) is 9.13. The number of hydrogen-bond donors (Lipinski definition) is 1. The number of nitrogens with one attached hydrogen (secondary N) is 1. The van der Waals surface area contributed by atoms with E-state index in [-0.39, 0.29) is 23.1 Å². The lowest BCUT2D eigenvalue weighted by molar-refractivity contribution is 0.0697. The standard InChI is InChI=1S/C25H28N6O2/c1-17-20-10-6-13-30(15-18-7-3-2-4-8-18)24(20)27-23(26-17)19-9-5-14-31(16-19)25(33)21-11-12-22(32)29-28-21/h2-4,7-8,11-12,19H,5-6,9-10,13-16H2,1H3,(H,29,32). The maximum absolute atomic E-state index is 12.9. The lowest BCUT2D eigenvalue weighted by Gasteiger charge is -2.34. The highest BCUT2D eigenvalue weighted by Crippen LogP contribution is 2.32. The second-order valence-electron chi connectivity index (χ2n) is 8.88. The van der Waals surface area contributed by atoms with Crippen molar-refractivity contribution in [2.75, 3.05) is 24.5 Å². The zero-order chi connectivity index (χ0) is 22.8. The minimum Gasteiger partial charge on any atom is -0.352 e. The summed E-state index contributed by atoms with van der Waals surface area (Å²) < 4.78 is 0. The van der Waals surface area contributed by atoms with Gasteiger partial charge in [-0.15, -0.1) is 0 Å². The Morgan fingerprint density at radius 2 is 1.94 bits per heavy atom. The van der Waals surface area contributed by atoms with Crippen molar-refractivity contribution in [3.63, 3.8) is 0 Å². The van der Waals surface area contributed by atoms with Crippen molar-refractivity contribution in [3.8, 4) is 0 Å². The zero-order valence-corrected chi connectivity index (χ0v) is 18.8. The molecule has 1 N–H and O–H groups in total. The van der Waals surface area contributed by atoms with Gasteiger partial charge < -0.3 is 9.80 Å². The predicted octanol–water partition coefficient (Wildman–Crippen LogP) is 2.84. The first-order valence-corrected chi connectivity index (χ1v) is 11.6. The number of benzene rings is 1. The van der Waals surface area contributed by atoms with Crippen LogP contribution in [0, 0.1) is 6.92 Å². The van der Waals surface area contributed by atoms with E-state index in [2.05, 4.69) is 46.3 Å². The van der Waals surface area contributed by atoms with E-state index < -0.39 is 0 Å². The van der Waals surface area contributed by atoms with Gasteiger partial charge in [0.05, 0.1) is 0 Å². The predicted molar refractivity (Wildman–Crippen MR) is 125 cm³/mol. The average molecular weight is 445 g/mol. The van der Waals surface area contributed by atoms with Crippen molar-refractivity contribution in [1.29, 1.82) is 0 Å². The molecule has 0 saturated carbocycles. The van der Waals surface area contributed by atoms with Crippen LogP contribution in [-0.4, -0.2) is 50.6 Å². The molecular formula is C25H28N6O2. The molecule has 33 heavy (non-hydrogen) atoms. The topological polar surface area (TPSA) is 95.1 Å². The quantitative estimate of drug-likeness (QED) is 0.665. The maximum Gasteiger partial charge on any atom is 0.274 e. The molecular weight excluding hydrogens is 416 g/mol. The summed E-state index contributed by atoms with van der Waals surface area (Å²) in [7, 11) is 0. The van der Waals surface area contributed by atoms with Crippen LogP contribution in [0.4, 0.5) is 5.82 Å². The van der Waals surface area contributed by atoms with Gasteiger partial charge in [-0.1, -0.05) is 30.3 Å². The van der Waals surface area contributed by atoms with Crippen LogP contribution in [0.5, 0.6) is 0 Å². The third kappa shape index (κ3) is 4.51. The fourth-order valence-electron chi connectivity index (χ4n) is 4.85. The molecule has 2 aromatic heterocycles. The monoisotopic (exact) mass is 444 g/mol. The molecule has 1 unspecified atom stereocenters. The molecule has 0 aliphatic carbocycles. The van der Waals surface area contributed by atoms with E-state index in [0.717, 1.165) is 56.1 Å². The maximum atomic E-state index is 12.9. The molecule has 8 nitrogen and oxygen atoms in total. The number of H-pyrrole nitrogens is 1. The molecule has 170 valence electrons. The molecule has 4 heterocycles. The van der Waals surface area contributed by atoms with E-state index in [0.29, 0.717) is 13.1 Å². The van der Waals surface area contributed by atoms with Crippen LogP contribution in [0.15, 0.2) is 47.3 Å². The number of amides is 1. The number of aromatic nitrogens is 4. The molecule has 5 rings (SSSR count). The Bertz CT molecular complexity index is 1190. The van der Waals surface area contributed by atoms with E-state index in [1.807, 2.05) is 6.07 Å². The van der Waals surface area contributed by atoms with Crippen molar-refractivity contribution in [1.82, 2.24) is 25.1 Å². The first-order chi connectivity index (χ1) is 16.1. The van der Waals surface area contributed by atoms with Gasteiger partial charge in [-0.25, -0.2) is 15.1 Å². The number of hydrogen-bond acceptors (Lipinski definition) is 6. The molecule has 3 aromatic rings. The molecule has 1 aromatic carbocycles. The van der Waals surface area contributed by atoms with Crippen LogP contribution in [0.25, 0.3) is 0 Å². The van der Waals surface area contributed by atoms with E-state index >= 15 is 0 Å². The van der Waals surface area contributed by atoms with Crippen molar-refractivity contribution in [2.45, 2.75) is 45.1 Å². The Balaban J connectivity index is 1.39. The first-order valence-electron chi connectivity index (χ1n) is 11.6. The number of anilines is 1. The van der Waals surface area contributed by atoms with Gasteiger partial charge in [0.15, 0.2) is 0 Å². The zero-order valence-electron chi connectivity index (χ0n) is 18.8. The number of aryl methyl sites for hydroxylation is 1. The number of piperidine rings is 1. The number of carbonyl (C=O) groups excluding carboxylic acids is 1. The number of likely N-dealkylation sites (tertiary alicyclic amines) is 1. The summed E-state index contributed by atoms with van der Waals surface area (Å²) in [5.74, 6) is 1.77. The number of carbonyl (C=O) groups is 1. The van der Waals surface area contributed by atoms with Crippen molar-refractivity contribution >= 4 is 11.7 Å². The van der Waals surface area contributed by atoms with Crippen LogP contribution in [0.1, 0.15) is 58.3 Å². The molecule has 0 bridgehead atoms. The molecule has 0 spiro atoms. The Morgan fingerprint density at radius 3 is 2.73 bits per heavy atom. The number of rotatable bonds is 4. The van der Waals surface area contributed by atoms with Gasteiger partial charge in [0, 0.05) is 49.4 Å². The Morgan fingerprint density at radius 1 is 1.09 bits per heavy atom. The third-order valence-electron chi connectivity index (χ3n) is 6.55. The lowest BCUT2D eigenvalue weighted by atomic mass is 9.95. The third-order valence-corrected chi connectivity index (χ3v) is 6.55. The number of nitrogens with zero attached hydrogens (tertiary/aromatic N) is 5. The summed E-state index contributed by atoms with van der Waals surface area (Å²) >= 11 is 0. The minimum absolute atomic E-state index is 0.0787. The smallest absolute Gasteiger partial charge is 0.274 e. The Labute approximate surface area is 192 Å². The van der Waals surface area contributed by atoms with E-state index in [1.165, 1.54) is 23.3 Å². The molecule has 1 atom stereocenters. The molecule has 2 aliphatic heterocycles. The highest BCUT2D eigenvalue weighted by Gasteiger charge is 2.30. The first kappa shape index (κ1) is 21.3. The van der Waals surface area contributed by atoms with Crippen molar-refractivity contribution in [2.24, 2.45) is 0 Å². The Hall–Kier alpha value is -3.55. The molecule has 1 saturated heterocycles. The summed E-state index contributed by atoms with van der Waals surface area (Å²) in [4.78, 5) is 38.3. The number of aromatic amines is 1. The van der Waals surface area contributed by atoms with Gasteiger partial charge in [0.2, 0.25) is 0 Å². The largest absolute Gasteiger partial charge is 0.352 e. The van der Waals surface area contributed by atoms with Gasteiger partial charge in [0.1, 0.15) is 17.3 Å². The average Bonchev–Trinajstić information content (AvgIpc) is 2.85. The fraction of sp³-hybridized carbons (Fsp3) is 0.400. The summed E-state index contributed by atoms with van der Waals surface area (Å²) in [6.45, 7) is 5.10. The van der Waals surface area contributed by atoms with Crippen LogP contribution in [0.2, 0.25) is 0 Å². The van der Waals surface area contributed by atoms with Crippen LogP contribution in [0.3, 0.4) is 0 Å². The molecule has 2 aliphatic rings. The highest BCUT2D eigenvalue weighted by molar-refractivity contribution is 5.92. The van der Waals surface area contributed by atoms with Gasteiger partial charge in [-0.2, -0.15) is 5.10 Å². The summed E-state index contributed by atoms with van der Waals surface area (Å²) in [6.07, 6.45) is 3.92. The molecule has 0 radical (unpaired) electrons. The number of fused-ring (bicyclic) bond motifs is 1. The van der Waals surface area contributed by atoms with Gasteiger partial charge in [-0.05, 0) is 44.2 Å². The molecule has 1 fully saturated rings. The second-order valence-corrected chi connectivity index (χ2v) is 8.88. The summed E-state index contributed by atoms with van der Waals surface area (Å²) in [5, 5.41) is 6.25. The van der Waals surface area contributed by atoms with Crippen molar-refractivity contribution in [3.05, 3.63) is 81.2 Å². The van der Waals surface area contributed by atoms with Crippen molar-refractivity contribution < 1.29 is 4.79 Å². The van der Waals surface area contributed by atoms with Crippen LogP contribution < -0.4 is 10.5 Å². The van der Waals surface area contributed by atoms with E-state index in [9.17, 15) is 9.59 Å². The fourth-order valence-corrected chi connectivity index (χ4v) is 4.85. The SMILES string of the molecule is Cc1nc(C2CCCN(C(=O)c3ccc(=O)[nH]n3)C2)nc2c1CCCN2Cc1ccccc1. The van der Waals surface area contributed by atoms with Crippen LogP contribution >= 0.6 is 0 Å². The van der Waals surface area contributed by atoms with Gasteiger partial charge in [-0.3, -0.25) is 9.59 Å². The summed E-state index contributed by atoms with van der Waals surface area (Å²) in [5.41, 5.74) is 3.49. The highest BCUT2D eigenvalue weighted by atomic mass is 16.2. The molecule has 1 amide bonds. The minimum atomic E-state index is -0.318. The van der Waals surface area contributed by atoms with E-state index in [4.69, 9.17) is 9.97 Å². The van der Waals surface area contributed by atoms with E-state index in [1.54, 1.807) is 4.90 Å². The summed E-state index contributed by atoms with van der Waals surface area (Å²) in [6, 6.07) is 13.3. The normalized spacial score (nSPS) is 18.2. The van der Waals surface area contributed by atoms with Gasteiger partial charge >= 0.3 is 0 Å². The Kier molecular flexibility index (Phi) is 5.90. The molecule has 8 heteroatoms. The lowest BCUT2D eigenvalue weighted by Crippen LogP contribution is -2.40. The van der Waals surface area contributed by atoms with Gasteiger partial charge in [0.25, 0.3) is 11.5 Å². The van der Waals surface area contributed by atoms with Crippen LogP contribution in [-0.2, 0) is 13.0 Å².